The molecule has 0 amide bonds. The van der Waals surface area contributed by atoms with Crippen molar-refractivity contribution in [3.05, 3.63) is 35.9 Å². The van der Waals surface area contributed by atoms with Gasteiger partial charge in [-0.25, -0.2) is 0 Å². The van der Waals surface area contributed by atoms with E-state index < -0.39 is 0 Å². The molecule has 0 radical (unpaired) electrons. The second-order valence-electron chi connectivity index (χ2n) is 3.50. The van der Waals surface area contributed by atoms with Crippen LogP contribution < -0.4 is 0 Å². The molecule has 86 valence electrons. The molecule has 0 unspecified atom stereocenters. The van der Waals surface area contributed by atoms with Crippen molar-refractivity contribution in [2.24, 2.45) is 0 Å². The van der Waals surface area contributed by atoms with Crippen molar-refractivity contribution in [2.75, 3.05) is 6.61 Å². The molecule has 0 heterocycles. The maximum Gasteiger partial charge on any atom is 0.305 e. The zero-order valence-corrected chi connectivity index (χ0v) is 9.53. The smallest absolute Gasteiger partial charge is 0.305 e. The number of carbonyl (C=O) groups excluding carboxylic acids is 1. The number of esters is 1. The van der Waals surface area contributed by atoms with Crippen molar-refractivity contribution >= 4 is 11.7 Å². The van der Waals surface area contributed by atoms with Crippen LogP contribution >= 0.6 is 0 Å². The maximum absolute atomic E-state index is 11.1. The standard InChI is InChI=1S/C13H17NO2/c1-2-16-13(15)10-6-9-12(14)11-7-4-3-5-8-11/h3-5,7-8,14H,2,6,9-10H2,1H3. The molecule has 16 heavy (non-hydrogen) atoms. The normalized spacial score (nSPS) is 9.81. The summed E-state index contributed by atoms with van der Waals surface area (Å²) in [5.74, 6) is -0.177. The highest BCUT2D eigenvalue weighted by Gasteiger charge is 2.04. The molecule has 0 fully saturated rings. The Balaban J connectivity index is 2.29. The van der Waals surface area contributed by atoms with Crippen molar-refractivity contribution in [1.29, 1.82) is 5.41 Å². The lowest BCUT2D eigenvalue weighted by Gasteiger charge is -2.04. The quantitative estimate of drug-likeness (QED) is 0.590. The fourth-order valence-corrected chi connectivity index (χ4v) is 1.43. The number of hydrogen-bond acceptors (Lipinski definition) is 3. The fraction of sp³-hybridized carbons (Fsp3) is 0.385. The van der Waals surface area contributed by atoms with Gasteiger partial charge in [-0.05, 0) is 25.3 Å². The summed E-state index contributed by atoms with van der Waals surface area (Å²) in [5, 5.41) is 7.82. The van der Waals surface area contributed by atoms with E-state index in [1.807, 2.05) is 30.3 Å². The van der Waals surface area contributed by atoms with Crippen LogP contribution in [0.25, 0.3) is 0 Å². The first-order valence-corrected chi connectivity index (χ1v) is 5.52. The van der Waals surface area contributed by atoms with E-state index >= 15 is 0 Å². The Morgan fingerprint density at radius 3 is 2.56 bits per heavy atom. The summed E-state index contributed by atoms with van der Waals surface area (Å²) in [4.78, 5) is 11.1. The Bertz CT molecular complexity index is 346. The Hall–Kier alpha value is -1.64. The summed E-state index contributed by atoms with van der Waals surface area (Å²) < 4.78 is 4.82. The molecule has 0 spiro atoms. The number of nitrogens with one attached hydrogen (secondary N) is 1. The van der Waals surface area contributed by atoms with E-state index in [0.29, 0.717) is 31.6 Å². The predicted octanol–water partition coefficient (Wildman–Crippen LogP) is 2.79. The summed E-state index contributed by atoms with van der Waals surface area (Å²) in [7, 11) is 0. The third-order valence-electron chi connectivity index (χ3n) is 2.24. The highest BCUT2D eigenvalue weighted by molar-refractivity contribution is 5.98. The van der Waals surface area contributed by atoms with E-state index in [1.54, 1.807) is 6.92 Å². The molecule has 1 aromatic carbocycles. The molecule has 0 aliphatic rings. The van der Waals surface area contributed by atoms with Gasteiger partial charge in [0.05, 0.1) is 6.61 Å². The zero-order chi connectivity index (χ0) is 11.8. The molecular formula is C13H17NO2. The van der Waals surface area contributed by atoms with E-state index in [9.17, 15) is 4.79 Å². The van der Waals surface area contributed by atoms with E-state index in [2.05, 4.69) is 0 Å². The fourth-order valence-electron chi connectivity index (χ4n) is 1.43. The van der Waals surface area contributed by atoms with Crippen LogP contribution in [-0.2, 0) is 9.53 Å². The molecule has 1 N–H and O–H groups in total. The monoisotopic (exact) mass is 219 g/mol. The zero-order valence-electron chi connectivity index (χ0n) is 9.53. The molecule has 1 rings (SSSR count). The van der Waals surface area contributed by atoms with Gasteiger partial charge in [-0.3, -0.25) is 4.79 Å². The molecule has 3 heteroatoms. The van der Waals surface area contributed by atoms with Crippen LogP contribution in [0, 0.1) is 5.41 Å². The van der Waals surface area contributed by atoms with Gasteiger partial charge in [0, 0.05) is 12.1 Å². The Kier molecular flexibility index (Phi) is 5.26. The molecule has 0 aromatic heterocycles. The SMILES string of the molecule is CCOC(=O)CCCC(=N)c1ccccc1. The predicted molar refractivity (Wildman–Crippen MR) is 63.8 cm³/mol. The van der Waals surface area contributed by atoms with Crippen molar-refractivity contribution in [3.8, 4) is 0 Å². The van der Waals surface area contributed by atoms with Crippen molar-refractivity contribution in [2.45, 2.75) is 26.2 Å². The van der Waals surface area contributed by atoms with Gasteiger partial charge in [0.15, 0.2) is 0 Å². The summed E-state index contributed by atoms with van der Waals surface area (Å²) >= 11 is 0. The second kappa shape index (κ2) is 6.77. The number of rotatable bonds is 6. The van der Waals surface area contributed by atoms with Gasteiger partial charge in [0.25, 0.3) is 0 Å². The topological polar surface area (TPSA) is 50.2 Å². The number of ether oxygens (including phenoxy) is 1. The van der Waals surface area contributed by atoms with Gasteiger partial charge < -0.3 is 10.1 Å². The number of hydrogen-bond donors (Lipinski definition) is 1. The lowest BCUT2D eigenvalue weighted by atomic mass is 10.1. The summed E-state index contributed by atoms with van der Waals surface area (Å²) in [6.45, 7) is 2.22. The number of carbonyl (C=O) groups is 1. The van der Waals surface area contributed by atoms with Crippen LogP contribution in [0.4, 0.5) is 0 Å². The molecular weight excluding hydrogens is 202 g/mol. The lowest BCUT2D eigenvalue weighted by Crippen LogP contribution is -2.05. The summed E-state index contributed by atoms with van der Waals surface area (Å²) in [6.07, 6.45) is 1.68. The highest BCUT2D eigenvalue weighted by atomic mass is 16.5. The third kappa shape index (κ3) is 4.26. The highest BCUT2D eigenvalue weighted by Crippen LogP contribution is 2.07. The second-order valence-corrected chi connectivity index (χ2v) is 3.50. The summed E-state index contributed by atoms with van der Waals surface area (Å²) in [6, 6.07) is 9.57. The lowest BCUT2D eigenvalue weighted by molar-refractivity contribution is -0.143. The van der Waals surface area contributed by atoms with Gasteiger partial charge in [-0.1, -0.05) is 30.3 Å². The summed E-state index contributed by atoms with van der Waals surface area (Å²) in [5.41, 5.74) is 1.50. The van der Waals surface area contributed by atoms with E-state index in [4.69, 9.17) is 10.1 Å². The molecule has 0 aliphatic carbocycles. The van der Waals surface area contributed by atoms with Crippen LogP contribution in [0.3, 0.4) is 0 Å². The van der Waals surface area contributed by atoms with E-state index in [0.717, 1.165) is 5.56 Å². The molecule has 0 saturated heterocycles. The first kappa shape index (κ1) is 12.4. The molecule has 0 bridgehead atoms. The average molecular weight is 219 g/mol. The van der Waals surface area contributed by atoms with E-state index in [1.165, 1.54) is 0 Å². The Morgan fingerprint density at radius 1 is 1.25 bits per heavy atom. The van der Waals surface area contributed by atoms with Gasteiger partial charge in [0.1, 0.15) is 0 Å². The van der Waals surface area contributed by atoms with Crippen LogP contribution in [0.2, 0.25) is 0 Å². The van der Waals surface area contributed by atoms with E-state index in [-0.39, 0.29) is 5.97 Å². The van der Waals surface area contributed by atoms with Crippen molar-refractivity contribution in [1.82, 2.24) is 0 Å². The average Bonchev–Trinajstić information content (AvgIpc) is 2.30. The van der Waals surface area contributed by atoms with Crippen molar-refractivity contribution in [3.63, 3.8) is 0 Å². The third-order valence-corrected chi connectivity index (χ3v) is 2.24. The minimum atomic E-state index is -0.177. The molecule has 3 nitrogen and oxygen atoms in total. The van der Waals surface area contributed by atoms with Crippen LogP contribution in [0.15, 0.2) is 30.3 Å². The largest absolute Gasteiger partial charge is 0.466 e. The van der Waals surface area contributed by atoms with Crippen LogP contribution in [-0.4, -0.2) is 18.3 Å². The minimum Gasteiger partial charge on any atom is -0.466 e. The molecule has 0 aliphatic heterocycles. The number of benzene rings is 1. The first-order chi connectivity index (χ1) is 7.74. The van der Waals surface area contributed by atoms with Gasteiger partial charge in [0.2, 0.25) is 0 Å². The van der Waals surface area contributed by atoms with Gasteiger partial charge >= 0.3 is 5.97 Å². The van der Waals surface area contributed by atoms with Crippen LogP contribution in [0.1, 0.15) is 31.7 Å². The molecule has 1 aromatic rings. The molecule has 0 atom stereocenters. The van der Waals surface area contributed by atoms with Gasteiger partial charge in [-0.15, -0.1) is 0 Å². The Labute approximate surface area is 95.9 Å². The Morgan fingerprint density at radius 2 is 1.94 bits per heavy atom. The van der Waals surface area contributed by atoms with Crippen molar-refractivity contribution < 1.29 is 9.53 Å². The minimum absolute atomic E-state index is 0.177. The van der Waals surface area contributed by atoms with Crippen LogP contribution in [0.5, 0.6) is 0 Å². The van der Waals surface area contributed by atoms with Gasteiger partial charge in [-0.2, -0.15) is 0 Å². The first-order valence-electron chi connectivity index (χ1n) is 5.52. The maximum atomic E-state index is 11.1. The molecule has 0 saturated carbocycles.